The maximum absolute atomic E-state index is 11.1. The van der Waals surface area contributed by atoms with Gasteiger partial charge in [0.05, 0.1) is 5.69 Å². The Kier molecular flexibility index (Phi) is 2.36. The van der Waals surface area contributed by atoms with Crippen molar-refractivity contribution in [2.45, 2.75) is 13.2 Å². The molecule has 0 saturated carbocycles. The Morgan fingerprint density at radius 2 is 2.18 bits per heavy atom. The Morgan fingerprint density at radius 1 is 1.55 bits per heavy atom. The standard InChI is InChI=1S/C7H9BN2O/c1-5-7(6(11)4-8)10-3-2-9-5/h2-3H,4,8H2,1H3. The zero-order valence-electron chi connectivity index (χ0n) is 6.66. The molecule has 1 aromatic heterocycles. The van der Waals surface area contributed by atoms with E-state index in [1.165, 1.54) is 6.20 Å². The molecule has 3 nitrogen and oxygen atoms in total. The fourth-order valence-electron chi connectivity index (χ4n) is 0.849. The fourth-order valence-corrected chi connectivity index (χ4v) is 0.849. The molecule has 56 valence electrons. The van der Waals surface area contributed by atoms with E-state index in [1.807, 2.05) is 7.85 Å². The molecular formula is C7H9BN2O. The van der Waals surface area contributed by atoms with Crippen molar-refractivity contribution in [3.63, 3.8) is 0 Å². The summed E-state index contributed by atoms with van der Waals surface area (Å²) in [6.07, 6.45) is 3.61. The van der Waals surface area contributed by atoms with E-state index < -0.39 is 0 Å². The van der Waals surface area contributed by atoms with Crippen LogP contribution in [0.3, 0.4) is 0 Å². The number of carbonyl (C=O) groups excluding carboxylic acids is 1. The van der Waals surface area contributed by atoms with Crippen molar-refractivity contribution in [2.75, 3.05) is 0 Å². The molecule has 1 aromatic rings. The molecule has 0 saturated heterocycles. The first-order chi connectivity index (χ1) is 5.25. The number of rotatable bonds is 2. The Balaban J connectivity index is 3.03. The van der Waals surface area contributed by atoms with E-state index in [0.717, 1.165) is 0 Å². The van der Waals surface area contributed by atoms with Crippen molar-refractivity contribution < 1.29 is 4.79 Å². The Hall–Kier alpha value is -1.19. The van der Waals surface area contributed by atoms with Gasteiger partial charge in [-0.15, -0.1) is 0 Å². The summed E-state index contributed by atoms with van der Waals surface area (Å²) in [4.78, 5) is 19.0. The minimum absolute atomic E-state index is 0.0515. The average Bonchev–Trinajstić information content (AvgIpc) is 2.04. The molecule has 1 rings (SSSR count). The van der Waals surface area contributed by atoms with Crippen LogP contribution in [0, 0.1) is 6.92 Å². The Bertz CT molecular complexity index is 275. The molecule has 0 fully saturated rings. The van der Waals surface area contributed by atoms with Crippen LogP contribution in [0.25, 0.3) is 0 Å². The van der Waals surface area contributed by atoms with Gasteiger partial charge in [-0.2, -0.15) is 0 Å². The number of ketones is 1. The topological polar surface area (TPSA) is 42.9 Å². The van der Waals surface area contributed by atoms with Gasteiger partial charge in [0.15, 0.2) is 5.78 Å². The normalized spacial score (nSPS) is 9.55. The predicted molar refractivity (Wildman–Crippen MR) is 44.5 cm³/mol. The van der Waals surface area contributed by atoms with Crippen LogP contribution in [-0.2, 0) is 0 Å². The molecule has 0 unspecified atom stereocenters. The molecule has 0 aliphatic carbocycles. The average molecular weight is 148 g/mol. The van der Waals surface area contributed by atoms with Gasteiger partial charge in [0.2, 0.25) is 0 Å². The van der Waals surface area contributed by atoms with E-state index in [4.69, 9.17) is 0 Å². The molecule has 0 aromatic carbocycles. The second-order valence-corrected chi connectivity index (χ2v) is 2.27. The summed E-state index contributed by atoms with van der Waals surface area (Å²) in [5.41, 5.74) is 1.20. The summed E-state index contributed by atoms with van der Waals surface area (Å²) >= 11 is 0. The zero-order valence-corrected chi connectivity index (χ0v) is 6.66. The molecule has 0 aliphatic heterocycles. The van der Waals surface area contributed by atoms with Gasteiger partial charge in [-0.25, -0.2) is 4.98 Å². The second-order valence-electron chi connectivity index (χ2n) is 2.27. The molecule has 11 heavy (non-hydrogen) atoms. The molecule has 0 spiro atoms. The fraction of sp³-hybridized carbons (Fsp3) is 0.286. The number of hydrogen-bond donors (Lipinski definition) is 0. The highest BCUT2D eigenvalue weighted by Crippen LogP contribution is 2.01. The van der Waals surface area contributed by atoms with Gasteiger partial charge in [0, 0.05) is 12.4 Å². The van der Waals surface area contributed by atoms with Gasteiger partial charge in [-0.1, -0.05) is 0 Å². The maximum Gasteiger partial charge on any atom is 0.175 e. The molecule has 0 amide bonds. The zero-order chi connectivity index (χ0) is 8.27. The summed E-state index contributed by atoms with van der Waals surface area (Å²) in [5.74, 6) is 0.0515. The second kappa shape index (κ2) is 3.28. The minimum Gasteiger partial charge on any atom is -0.293 e. The largest absolute Gasteiger partial charge is 0.293 e. The number of aromatic nitrogens is 2. The van der Waals surface area contributed by atoms with Crippen LogP contribution in [0.4, 0.5) is 0 Å². The van der Waals surface area contributed by atoms with E-state index in [2.05, 4.69) is 9.97 Å². The van der Waals surface area contributed by atoms with E-state index in [0.29, 0.717) is 17.7 Å². The summed E-state index contributed by atoms with van der Waals surface area (Å²) < 4.78 is 0. The van der Waals surface area contributed by atoms with Crippen molar-refractivity contribution in [3.05, 3.63) is 23.8 Å². The lowest BCUT2D eigenvalue weighted by Gasteiger charge is -1.98. The van der Waals surface area contributed by atoms with Crippen LogP contribution in [0.15, 0.2) is 12.4 Å². The summed E-state index contributed by atoms with van der Waals surface area (Å²) in [6.45, 7) is 1.79. The van der Waals surface area contributed by atoms with Gasteiger partial charge < -0.3 is 0 Å². The number of hydrogen-bond acceptors (Lipinski definition) is 3. The highest BCUT2D eigenvalue weighted by atomic mass is 16.1. The third kappa shape index (κ3) is 1.64. The molecule has 0 aliphatic rings. The van der Waals surface area contributed by atoms with Gasteiger partial charge in [0.1, 0.15) is 13.5 Å². The van der Waals surface area contributed by atoms with Crippen molar-refractivity contribution >= 4 is 13.6 Å². The highest BCUT2D eigenvalue weighted by molar-refractivity contribution is 6.23. The Morgan fingerprint density at radius 3 is 2.73 bits per heavy atom. The summed E-state index contributed by atoms with van der Waals surface area (Å²) in [6, 6.07) is 0. The highest BCUT2D eigenvalue weighted by Gasteiger charge is 2.07. The van der Waals surface area contributed by atoms with Crippen LogP contribution in [0.5, 0.6) is 0 Å². The lowest BCUT2D eigenvalue weighted by Crippen LogP contribution is -2.04. The number of nitrogens with zero attached hydrogens (tertiary/aromatic N) is 2. The summed E-state index contributed by atoms with van der Waals surface area (Å²) in [5, 5.41) is 0. The number of aryl methyl sites for hydroxylation is 1. The predicted octanol–water partition coefficient (Wildman–Crippen LogP) is 0.0191. The van der Waals surface area contributed by atoms with Gasteiger partial charge >= 0.3 is 0 Å². The smallest absolute Gasteiger partial charge is 0.175 e. The van der Waals surface area contributed by atoms with Crippen molar-refractivity contribution in [2.24, 2.45) is 0 Å². The first kappa shape index (κ1) is 7.92. The lowest BCUT2D eigenvalue weighted by atomic mass is 9.98. The summed E-state index contributed by atoms with van der Waals surface area (Å²) in [7, 11) is 1.82. The number of carbonyl (C=O) groups is 1. The van der Waals surface area contributed by atoms with E-state index >= 15 is 0 Å². The van der Waals surface area contributed by atoms with E-state index in [9.17, 15) is 4.79 Å². The first-order valence-electron chi connectivity index (χ1n) is 3.56. The third-order valence-electron chi connectivity index (χ3n) is 1.47. The SMILES string of the molecule is BCC(=O)c1nccnc1C. The molecule has 4 heteroatoms. The van der Waals surface area contributed by atoms with Crippen LogP contribution in [0.1, 0.15) is 16.2 Å². The molecular weight excluding hydrogens is 139 g/mol. The molecule has 0 radical (unpaired) electrons. The van der Waals surface area contributed by atoms with E-state index in [-0.39, 0.29) is 5.78 Å². The third-order valence-corrected chi connectivity index (χ3v) is 1.47. The molecule has 1 heterocycles. The van der Waals surface area contributed by atoms with Crippen LogP contribution < -0.4 is 0 Å². The van der Waals surface area contributed by atoms with Gasteiger partial charge in [0.25, 0.3) is 0 Å². The van der Waals surface area contributed by atoms with Crippen molar-refractivity contribution in [1.29, 1.82) is 0 Å². The quantitative estimate of drug-likeness (QED) is 0.438. The van der Waals surface area contributed by atoms with Crippen LogP contribution in [0.2, 0.25) is 6.32 Å². The minimum atomic E-state index is 0.0515. The van der Waals surface area contributed by atoms with Crippen LogP contribution in [-0.4, -0.2) is 23.6 Å². The van der Waals surface area contributed by atoms with E-state index in [1.54, 1.807) is 13.1 Å². The van der Waals surface area contributed by atoms with Gasteiger partial charge in [-0.05, 0) is 13.2 Å². The maximum atomic E-state index is 11.1. The first-order valence-corrected chi connectivity index (χ1v) is 3.56. The van der Waals surface area contributed by atoms with Crippen molar-refractivity contribution in [1.82, 2.24) is 9.97 Å². The monoisotopic (exact) mass is 148 g/mol. The Labute approximate surface area is 66.3 Å². The van der Waals surface area contributed by atoms with Crippen LogP contribution >= 0.6 is 0 Å². The molecule has 0 N–H and O–H groups in total. The van der Waals surface area contributed by atoms with Crippen molar-refractivity contribution in [3.8, 4) is 0 Å². The number of Topliss-reactive ketones (excluding diaryl/α,β-unsaturated/α-hetero) is 1. The molecule has 0 atom stereocenters. The lowest BCUT2D eigenvalue weighted by molar-refractivity contribution is 0.101. The molecule has 0 bridgehead atoms. The van der Waals surface area contributed by atoms with Gasteiger partial charge in [-0.3, -0.25) is 9.78 Å².